The predicted octanol–water partition coefficient (Wildman–Crippen LogP) is 6.17. The lowest BCUT2D eigenvalue weighted by Crippen LogP contribution is -2.30. The third-order valence-corrected chi connectivity index (χ3v) is 6.02. The highest BCUT2D eigenvalue weighted by molar-refractivity contribution is 7.48. The fourth-order valence-electron chi connectivity index (χ4n) is 3.12. The van der Waals surface area contributed by atoms with Gasteiger partial charge in [0.15, 0.2) is 0 Å². The lowest BCUT2D eigenvalue weighted by molar-refractivity contribution is 0.0458. The first-order valence-electron chi connectivity index (χ1n) is 9.38. The highest BCUT2D eigenvalue weighted by atomic mass is 31.2. The van der Waals surface area contributed by atoms with E-state index in [1.165, 1.54) is 0 Å². The maximum atomic E-state index is 13.4. The third kappa shape index (κ3) is 6.20. The van der Waals surface area contributed by atoms with Crippen LogP contribution < -0.4 is 0 Å². The van der Waals surface area contributed by atoms with E-state index in [1.54, 1.807) is 0 Å². The van der Waals surface area contributed by atoms with Crippen LogP contribution in [0.2, 0.25) is 0 Å². The second-order valence-electron chi connectivity index (χ2n) is 6.67. The van der Waals surface area contributed by atoms with Crippen molar-refractivity contribution in [3.8, 4) is 0 Å². The first-order chi connectivity index (χ1) is 13.7. The van der Waals surface area contributed by atoms with E-state index in [1.807, 2.05) is 60.7 Å². The fraction of sp³-hybridized carbons (Fsp3) is 0.400. The molecular weight excluding hydrogens is 377 g/mol. The van der Waals surface area contributed by atoms with E-state index in [4.69, 9.17) is 19.1 Å². The van der Waals surface area contributed by atoms with Crippen LogP contribution in [0.5, 0.6) is 0 Å². The molecule has 2 aromatic carbocycles. The first kappa shape index (κ1) is 20.6. The summed E-state index contributed by atoms with van der Waals surface area (Å²) < 4.78 is 30.5. The van der Waals surface area contributed by atoms with Gasteiger partial charge in [-0.15, -0.1) is 0 Å². The van der Waals surface area contributed by atoms with Crippen molar-refractivity contribution >= 4 is 7.82 Å². The number of phosphoric ester groups is 1. The summed E-state index contributed by atoms with van der Waals surface area (Å²) >= 11 is 0. The van der Waals surface area contributed by atoms with Crippen molar-refractivity contribution in [1.82, 2.24) is 0 Å². The average molecular weight is 401 g/mol. The Labute approximate surface area is 164 Å². The minimum absolute atomic E-state index is 0.103. The first-order valence-corrected chi connectivity index (χ1v) is 10.8. The van der Waals surface area contributed by atoms with Crippen LogP contribution in [-0.2, 0) is 31.4 Å². The van der Waals surface area contributed by atoms with E-state index in [9.17, 15) is 4.57 Å². The molecule has 1 aliphatic rings. The zero-order valence-corrected chi connectivity index (χ0v) is 16.5. The minimum atomic E-state index is -3.86. The van der Waals surface area contributed by atoms with Gasteiger partial charge in [0.05, 0.1) is 25.4 Å². The summed E-state index contributed by atoms with van der Waals surface area (Å²) in [4.78, 5) is 2.90. The van der Waals surface area contributed by atoms with Gasteiger partial charge < -0.3 is 0 Å². The molecule has 148 valence electrons. The van der Waals surface area contributed by atoms with Crippen molar-refractivity contribution in [2.45, 2.75) is 51.0 Å². The van der Waals surface area contributed by atoms with Crippen LogP contribution in [0.1, 0.15) is 36.8 Å². The Kier molecular flexibility index (Phi) is 7.66. The molecule has 3 rings (SSSR count). The number of hydrogen-bond acceptors (Lipinski definition) is 5. The normalized spacial score (nSPS) is 19.7. The van der Waals surface area contributed by atoms with E-state index >= 15 is 0 Å². The molecule has 0 spiro atoms. The molecule has 0 aromatic heterocycles. The average Bonchev–Trinajstić information content (AvgIpc) is 2.74. The second kappa shape index (κ2) is 10.4. The van der Waals surface area contributed by atoms with Gasteiger partial charge in [-0.1, -0.05) is 78.6 Å². The number of benzene rings is 2. The molecular formula is C20H24N3O4P. The molecule has 8 heteroatoms. The smallest absolute Gasteiger partial charge is 0.283 e. The largest absolute Gasteiger partial charge is 0.475 e. The Hall–Kier alpha value is -2.14. The highest BCUT2D eigenvalue weighted by Crippen LogP contribution is 2.53. The highest BCUT2D eigenvalue weighted by Gasteiger charge is 2.36. The lowest BCUT2D eigenvalue weighted by Gasteiger charge is -2.30. The Bertz CT molecular complexity index is 780. The molecule has 0 heterocycles. The molecule has 0 radical (unpaired) electrons. The molecule has 2 atom stereocenters. The molecule has 0 saturated heterocycles. The Morgan fingerprint density at radius 3 is 2.00 bits per heavy atom. The summed E-state index contributed by atoms with van der Waals surface area (Å²) in [7, 11) is -3.86. The van der Waals surface area contributed by atoms with E-state index in [0.29, 0.717) is 12.8 Å². The maximum Gasteiger partial charge on any atom is 0.475 e. The van der Waals surface area contributed by atoms with Gasteiger partial charge in [0.2, 0.25) is 0 Å². The molecule has 1 fully saturated rings. The van der Waals surface area contributed by atoms with E-state index in [0.717, 1.165) is 24.0 Å². The quantitative estimate of drug-likeness (QED) is 0.217. The van der Waals surface area contributed by atoms with Crippen molar-refractivity contribution in [3.05, 3.63) is 82.2 Å². The molecule has 0 unspecified atom stereocenters. The topological polar surface area (TPSA) is 93.5 Å². The molecule has 1 saturated carbocycles. The summed E-state index contributed by atoms with van der Waals surface area (Å²) in [5.74, 6) is 0. The van der Waals surface area contributed by atoms with Gasteiger partial charge in [-0.25, -0.2) is 4.57 Å². The molecule has 0 N–H and O–H groups in total. The molecule has 2 aromatic rings. The number of phosphoric acid groups is 1. The van der Waals surface area contributed by atoms with E-state index in [-0.39, 0.29) is 19.3 Å². The molecule has 0 aliphatic heterocycles. The Balaban J connectivity index is 1.72. The fourth-order valence-corrected chi connectivity index (χ4v) is 4.51. The van der Waals surface area contributed by atoms with E-state index < -0.39 is 13.9 Å². The van der Waals surface area contributed by atoms with Gasteiger partial charge in [-0.3, -0.25) is 13.6 Å². The van der Waals surface area contributed by atoms with Crippen LogP contribution >= 0.6 is 7.82 Å². The van der Waals surface area contributed by atoms with Crippen LogP contribution in [0.25, 0.3) is 10.4 Å². The Morgan fingerprint density at radius 1 is 0.929 bits per heavy atom. The zero-order chi connectivity index (χ0) is 19.7. The lowest BCUT2D eigenvalue weighted by atomic mass is 9.93. The van der Waals surface area contributed by atoms with Gasteiger partial charge in [0, 0.05) is 4.91 Å². The van der Waals surface area contributed by atoms with Crippen molar-refractivity contribution in [2.75, 3.05) is 0 Å². The monoisotopic (exact) mass is 401 g/mol. The standard InChI is InChI=1S/C20H24N3O4P/c21-23-22-19-13-7-8-14-20(19)27-28(24,25-15-17-9-3-1-4-10-17)26-16-18-11-5-2-6-12-18/h1-6,9-12,19-20H,7-8,13-16H2/t19-,20+/m1/s1. The van der Waals surface area contributed by atoms with Crippen molar-refractivity contribution < 1.29 is 18.1 Å². The summed E-state index contributed by atoms with van der Waals surface area (Å²) in [6.45, 7) is 0.206. The number of nitrogens with zero attached hydrogens (tertiary/aromatic N) is 3. The summed E-state index contributed by atoms with van der Waals surface area (Å²) in [6.07, 6.45) is 2.73. The van der Waals surface area contributed by atoms with Crippen LogP contribution in [0.4, 0.5) is 0 Å². The Morgan fingerprint density at radius 2 is 1.46 bits per heavy atom. The van der Waals surface area contributed by atoms with E-state index in [2.05, 4.69) is 10.0 Å². The van der Waals surface area contributed by atoms with Crippen LogP contribution in [-0.4, -0.2) is 12.1 Å². The summed E-state index contributed by atoms with van der Waals surface area (Å²) in [5, 5.41) is 3.81. The maximum absolute atomic E-state index is 13.4. The zero-order valence-electron chi connectivity index (χ0n) is 15.6. The predicted molar refractivity (Wildman–Crippen MR) is 106 cm³/mol. The molecule has 0 amide bonds. The van der Waals surface area contributed by atoms with Crippen molar-refractivity contribution in [3.63, 3.8) is 0 Å². The summed E-state index contributed by atoms with van der Waals surface area (Å²) in [5.41, 5.74) is 10.5. The van der Waals surface area contributed by atoms with Crippen LogP contribution in [0.3, 0.4) is 0 Å². The van der Waals surface area contributed by atoms with Gasteiger partial charge in [0.1, 0.15) is 0 Å². The molecule has 1 aliphatic carbocycles. The molecule has 7 nitrogen and oxygen atoms in total. The van der Waals surface area contributed by atoms with Crippen molar-refractivity contribution in [1.29, 1.82) is 0 Å². The van der Waals surface area contributed by atoms with Crippen molar-refractivity contribution in [2.24, 2.45) is 5.11 Å². The van der Waals surface area contributed by atoms with Gasteiger partial charge >= 0.3 is 7.82 Å². The number of hydrogen-bond donors (Lipinski definition) is 0. The second-order valence-corrected chi connectivity index (χ2v) is 8.29. The van der Waals surface area contributed by atoms with Gasteiger partial charge in [0.25, 0.3) is 0 Å². The summed E-state index contributed by atoms with van der Waals surface area (Å²) in [6, 6.07) is 18.5. The SMILES string of the molecule is [N-]=[N+]=N[C@@H]1CCCC[C@@H]1OP(=O)(OCc1ccccc1)OCc1ccccc1. The van der Waals surface area contributed by atoms with Crippen LogP contribution in [0.15, 0.2) is 65.8 Å². The van der Waals surface area contributed by atoms with Crippen LogP contribution in [0, 0.1) is 0 Å². The van der Waals surface area contributed by atoms with Gasteiger partial charge in [-0.2, -0.15) is 0 Å². The number of rotatable bonds is 9. The van der Waals surface area contributed by atoms with Gasteiger partial charge in [-0.05, 0) is 29.5 Å². The molecule has 28 heavy (non-hydrogen) atoms. The minimum Gasteiger partial charge on any atom is -0.283 e. The third-order valence-electron chi connectivity index (χ3n) is 4.60. The molecule has 0 bridgehead atoms. The number of azide groups is 1.